The zero-order chi connectivity index (χ0) is 28.5. The normalized spacial score (nSPS) is 13.2. The van der Waals surface area contributed by atoms with E-state index in [2.05, 4.69) is 6.92 Å². The summed E-state index contributed by atoms with van der Waals surface area (Å²) in [6, 6.07) is 7.35. The summed E-state index contributed by atoms with van der Waals surface area (Å²) >= 11 is 0. The molecule has 2 aromatic carbocycles. The van der Waals surface area contributed by atoms with E-state index in [1.165, 1.54) is 19.3 Å². The molecule has 0 N–H and O–H groups in total. The minimum Gasteiger partial charge on any atom is -0.324 e. The smallest absolute Gasteiger partial charge is 0.290 e. The SMILES string of the molecule is CCCCCCCCC(c1ccc(-c2cc(F)c(F)c(F)c2F)cc1)C(OC(C)C)(OC(C)C)OC(C)C. The lowest BCUT2D eigenvalue weighted by molar-refractivity contribution is -0.420. The molecule has 0 saturated carbocycles. The van der Waals surface area contributed by atoms with Gasteiger partial charge in [-0.3, -0.25) is 0 Å². The Balaban J connectivity index is 2.51. The molecular formula is C31H44F4O3. The Labute approximate surface area is 225 Å². The molecule has 0 saturated heterocycles. The quantitative estimate of drug-likeness (QED) is 0.0697. The summed E-state index contributed by atoms with van der Waals surface area (Å²) in [4.78, 5) is 0. The van der Waals surface area contributed by atoms with Crippen molar-refractivity contribution in [1.29, 1.82) is 0 Å². The fourth-order valence-corrected chi connectivity index (χ4v) is 4.67. The molecule has 1 unspecified atom stereocenters. The van der Waals surface area contributed by atoms with Crippen LogP contribution >= 0.6 is 0 Å². The lowest BCUT2D eigenvalue weighted by Crippen LogP contribution is -2.49. The molecule has 0 amide bonds. The number of halogens is 4. The molecule has 0 bridgehead atoms. The first kappa shape index (κ1) is 32.3. The molecule has 0 spiro atoms. The van der Waals surface area contributed by atoms with Gasteiger partial charge in [-0.15, -0.1) is 0 Å². The van der Waals surface area contributed by atoms with Crippen LogP contribution in [0.5, 0.6) is 0 Å². The van der Waals surface area contributed by atoms with Crippen LogP contribution in [-0.2, 0) is 14.2 Å². The Bertz CT molecular complexity index is 963. The number of benzene rings is 2. The van der Waals surface area contributed by atoms with E-state index in [1.54, 1.807) is 24.3 Å². The first-order chi connectivity index (χ1) is 17.9. The predicted octanol–water partition coefficient (Wildman–Crippen LogP) is 9.67. The Morgan fingerprint density at radius 2 is 1.16 bits per heavy atom. The second-order valence-electron chi connectivity index (χ2n) is 10.7. The molecule has 1 atom stereocenters. The van der Waals surface area contributed by atoms with Gasteiger partial charge in [0.05, 0.1) is 24.2 Å². The highest BCUT2D eigenvalue weighted by Gasteiger charge is 2.46. The molecule has 7 heteroatoms. The first-order valence-corrected chi connectivity index (χ1v) is 13.9. The average molecular weight is 541 g/mol. The van der Waals surface area contributed by atoms with Gasteiger partial charge in [-0.2, -0.15) is 0 Å². The molecular weight excluding hydrogens is 496 g/mol. The van der Waals surface area contributed by atoms with Crippen LogP contribution < -0.4 is 0 Å². The molecule has 0 aliphatic rings. The van der Waals surface area contributed by atoms with Crippen molar-refractivity contribution in [1.82, 2.24) is 0 Å². The van der Waals surface area contributed by atoms with Crippen molar-refractivity contribution in [2.45, 2.75) is 124 Å². The molecule has 3 nitrogen and oxygen atoms in total. The van der Waals surface area contributed by atoms with E-state index in [4.69, 9.17) is 14.2 Å². The standard InChI is InChI=1S/C31H44F4O3/c1-8-9-10-11-12-13-14-26(31(36-20(2)3,37-21(4)5)38-22(6)7)24-17-15-23(16-18-24)25-19-27(32)29(34)30(35)28(25)33/h15-22,26H,8-14H2,1-7H3. The van der Waals surface area contributed by atoms with Crippen molar-refractivity contribution in [2.24, 2.45) is 0 Å². The maximum absolute atomic E-state index is 14.5. The molecule has 0 aromatic heterocycles. The third kappa shape index (κ3) is 8.78. The predicted molar refractivity (Wildman–Crippen MR) is 144 cm³/mol. The van der Waals surface area contributed by atoms with Crippen LogP contribution in [0.2, 0.25) is 0 Å². The van der Waals surface area contributed by atoms with Crippen LogP contribution in [-0.4, -0.2) is 24.3 Å². The number of rotatable bonds is 16. The summed E-state index contributed by atoms with van der Waals surface area (Å²) in [6.45, 7) is 13.7. The van der Waals surface area contributed by atoms with Gasteiger partial charge >= 0.3 is 0 Å². The Morgan fingerprint density at radius 3 is 1.66 bits per heavy atom. The van der Waals surface area contributed by atoms with Crippen LogP contribution in [0.15, 0.2) is 30.3 Å². The van der Waals surface area contributed by atoms with Crippen LogP contribution in [0.4, 0.5) is 17.6 Å². The zero-order valence-electron chi connectivity index (χ0n) is 23.9. The minimum absolute atomic E-state index is 0.196. The number of hydrogen-bond acceptors (Lipinski definition) is 3. The van der Waals surface area contributed by atoms with E-state index >= 15 is 0 Å². The summed E-state index contributed by atoms with van der Waals surface area (Å²) in [7, 11) is 0. The molecule has 0 fully saturated rings. The fraction of sp³-hybridized carbons (Fsp3) is 0.613. The first-order valence-electron chi connectivity index (χ1n) is 13.9. The molecule has 0 radical (unpaired) electrons. The molecule has 2 aromatic rings. The van der Waals surface area contributed by atoms with Gasteiger partial charge in [-0.1, -0.05) is 69.7 Å². The van der Waals surface area contributed by atoms with Crippen molar-refractivity contribution >= 4 is 0 Å². The zero-order valence-corrected chi connectivity index (χ0v) is 23.9. The second-order valence-corrected chi connectivity index (χ2v) is 10.7. The summed E-state index contributed by atoms with van der Waals surface area (Å²) in [5, 5.41) is 0. The third-order valence-corrected chi connectivity index (χ3v) is 6.20. The van der Waals surface area contributed by atoms with Gasteiger partial charge in [-0.25, -0.2) is 17.6 Å². The monoisotopic (exact) mass is 540 g/mol. The highest BCUT2D eigenvalue weighted by molar-refractivity contribution is 5.65. The molecule has 214 valence electrons. The molecule has 38 heavy (non-hydrogen) atoms. The van der Waals surface area contributed by atoms with E-state index < -0.39 is 29.2 Å². The van der Waals surface area contributed by atoms with Crippen LogP contribution in [0.25, 0.3) is 11.1 Å². The van der Waals surface area contributed by atoms with Gasteiger partial charge in [0.2, 0.25) is 0 Å². The van der Waals surface area contributed by atoms with Gasteiger partial charge in [0.25, 0.3) is 5.97 Å². The number of unbranched alkanes of at least 4 members (excludes halogenated alkanes) is 5. The maximum atomic E-state index is 14.5. The van der Waals surface area contributed by atoms with Crippen molar-refractivity contribution in [3.05, 3.63) is 59.2 Å². The van der Waals surface area contributed by atoms with Gasteiger partial charge < -0.3 is 14.2 Å². The Kier molecular flexibility index (Phi) is 12.7. The molecule has 2 rings (SSSR count). The van der Waals surface area contributed by atoms with Crippen LogP contribution in [0, 0.1) is 23.3 Å². The summed E-state index contributed by atoms with van der Waals surface area (Å²) in [5.74, 6) is -8.23. The van der Waals surface area contributed by atoms with E-state index in [0.717, 1.165) is 24.8 Å². The minimum atomic E-state index is -1.83. The van der Waals surface area contributed by atoms with E-state index in [0.29, 0.717) is 12.5 Å². The lowest BCUT2D eigenvalue weighted by Gasteiger charge is -2.43. The fourth-order valence-electron chi connectivity index (χ4n) is 4.67. The van der Waals surface area contributed by atoms with E-state index in [-0.39, 0.29) is 35.4 Å². The largest absolute Gasteiger partial charge is 0.324 e. The highest BCUT2D eigenvalue weighted by Crippen LogP contribution is 2.41. The summed E-state index contributed by atoms with van der Waals surface area (Å²) in [5.41, 5.74) is 0.710. The van der Waals surface area contributed by atoms with Crippen molar-refractivity contribution < 1.29 is 31.8 Å². The number of ether oxygens (including phenoxy) is 3. The molecule has 0 aliphatic carbocycles. The van der Waals surface area contributed by atoms with Gasteiger partial charge in [-0.05, 0) is 65.2 Å². The molecule has 0 aliphatic heterocycles. The van der Waals surface area contributed by atoms with E-state index in [9.17, 15) is 17.6 Å². The molecule has 0 heterocycles. The van der Waals surface area contributed by atoms with Crippen molar-refractivity contribution in [3.63, 3.8) is 0 Å². The maximum Gasteiger partial charge on any atom is 0.290 e. The highest BCUT2D eigenvalue weighted by atomic mass is 19.2. The summed E-state index contributed by atoms with van der Waals surface area (Å²) < 4.78 is 74.9. The summed E-state index contributed by atoms with van der Waals surface area (Å²) in [6.07, 6.45) is 6.80. The third-order valence-electron chi connectivity index (χ3n) is 6.20. The second kappa shape index (κ2) is 15.0. The van der Waals surface area contributed by atoms with Crippen LogP contribution in [0.3, 0.4) is 0 Å². The van der Waals surface area contributed by atoms with Gasteiger partial charge in [0.1, 0.15) is 0 Å². The topological polar surface area (TPSA) is 27.7 Å². The number of hydrogen-bond donors (Lipinski definition) is 0. The average Bonchev–Trinajstić information content (AvgIpc) is 2.83. The Morgan fingerprint density at radius 1 is 0.658 bits per heavy atom. The van der Waals surface area contributed by atoms with Crippen molar-refractivity contribution in [2.75, 3.05) is 0 Å². The Hall–Kier alpha value is -1.96. The van der Waals surface area contributed by atoms with Crippen molar-refractivity contribution in [3.8, 4) is 11.1 Å². The van der Waals surface area contributed by atoms with Crippen LogP contribution in [0.1, 0.15) is 105 Å². The lowest BCUT2D eigenvalue weighted by atomic mass is 9.88. The van der Waals surface area contributed by atoms with Gasteiger partial charge in [0, 0.05) is 5.56 Å². The van der Waals surface area contributed by atoms with Gasteiger partial charge in [0.15, 0.2) is 23.3 Å². The van der Waals surface area contributed by atoms with E-state index in [1.807, 2.05) is 41.5 Å².